The molecule has 0 aromatic carbocycles. The standard InChI is InChI=1S/C12H15N3O/c1-3-9(7-13-5-1)12-14-8-10(15-12)11-4-2-6-16-11/h2,4,6,8-9,13H,1,3,5,7H2,(H,14,15). The van der Waals surface area contributed by atoms with Crippen LogP contribution in [-0.4, -0.2) is 23.1 Å². The molecule has 1 aliphatic rings. The Kier molecular flexibility index (Phi) is 2.50. The summed E-state index contributed by atoms with van der Waals surface area (Å²) in [5.41, 5.74) is 0.963. The van der Waals surface area contributed by atoms with Gasteiger partial charge in [-0.25, -0.2) is 4.98 Å². The zero-order valence-corrected chi connectivity index (χ0v) is 9.07. The third kappa shape index (κ3) is 1.76. The second kappa shape index (κ2) is 4.14. The predicted molar refractivity (Wildman–Crippen MR) is 61.1 cm³/mol. The van der Waals surface area contributed by atoms with Gasteiger partial charge in [-0.05, 0) is 31.5 Å². The highest BCUT2D eigenvalue weighted by Gasteiger charge is 2.18. The van der Waals surface area contributed by atoms with Gasteiger partial charge in [0, 0.05) is 12.5 Å². The molecule has 4 heteroatoms. The van der Waals surface area contributed by atoms with Gasteiger partial charge in [-0.2, -0.15) is 0 Å². The van der Waals surface area contributed by atoms with E-state index < -0.39 is 0 Å². The van der Waals surface area contributed by atoms with E-state index >= 15 is 0 Å². The number of imidazole rings is 1. The van der Waals surface area contributed by atoms with E-state index in [1.165, 1.54) is 12.8 Å². The van der Waals surface area contributed by atoms with Crippen LogP contribution in [0.25, 0.3) is 11.5 Å². The molecule has 0 saturated carbocycles. The Labute approximate surface area is 94.1 Å². The summed E-state index contributed by atoms with van der Waals surface area (Å²) in [5.74, 6) is 2.43. The molecule has 0 amide bonds. The van der Waals surface area contributed by atoms with Gasteiger partial charge in [0.15, 0.2) is 5.76 Å². The van der Waals surface area contributed by atoms with Gasteiger partial charge in [0.25, 0.3) is 0 Å². The van der Waals surface area contributed by atoms with E-state index in [9.17, 15) is 0 Å². The molecule has 0 bridgehead atoms. The molecular formula is C12H15N3O. The highest BCUT2D eigenvalue weighted by molar-refractivity contribution is 5.50. The number of nitrogens with zero attached hydrogens (tertiary/aromatic N) is 1. The van der Waals surface area contributed by atoms with Gasteiger partial charge in [0.2, 0.25) is 0 Å². The fraction of sp³-hybridized carbons (Fsp3) is 0.417. The van der Waals surface area contributed by atoms with Crippen LogP contribution < -0.4 is 5.32 Å². The minimum atomic E-state index is 0.512. The lowest BCUT2D eigenvalue weighted by Crippen LogP contribution is -2.28. The molecule has 1 unspecified atom stereocenters. The number of aromatic amines is 1. The molecule has 16 heavy (non-hydrogen) atoms. The number of aromatic nitrogens is 2. The van der Waals surface area contributed by atoms with Crippen molar-refractivity contribution >= 4 is 0 Å². The molecule has 1 saturated heterocycles. The SMILES string of the molecule is c1coc(-c2cnc(C3CCCNC3)[nH]2)c1. The van der Waals surface area contributed by atoms with Crippen molar-refractivity contribution in [3.8, 4) is 11.5 Å². The lowest BCUT2D eigenvalue weighted by molar-refractivity contribution is 0.449. The van der Waals surface area contributed by atoms with Crippen molar-refractivity contribution < 1.29 is 4.42 Å². The number of H-pyrrole nitrogens is 1. The van der Waals surface area contributed by atoms with Crippen LogP contribution in [-0.2, 0) is 0 Å². The summed E-state index contributed by atoms with van der Waals surface area (Å²) in [6.45, 7) is 2.15. The van der Waals surface area contributed by atoms with Gasteiger partial charge in [0.1, 0.15) is 11.5 Å². The zero-order valence-electron chi connectivity index (χ0n) is 9.07. The number of hydrogen-bond donors (Lipinski definition) is 2. The van der Waals surface area contributed by atoms with Gasteiger partial charge >= 0.3 is 0 Å². The van der Waals surface area contributed by atoms with Gasteiger partial charge in [-0.3, -0.25) is 0 Å². The maximum Gasteiger partial charge on any atom is 0.151 e. The molecule has 84 valence electrons. The van der Waals surface area contributed by atoms with E-state index in [0.29, 0.717) is 5.92 Å². The summed E-state index contributed by atoms with van der Waals surface area (Å²) in [6, 6.07) is 3.83. The number of hydrogen-bond acceptors (Lipinski definition) is 3. The average Bonchev–Trinajstić information content (AvgIpc) is 3.01. The first-order valence-electron chi connectivity index (χ1n) is 5.73. The minimum Gasteiger partial charge on any atom is -0.463 e. The zero-order chi connectivity index (χ0) is 10.8. The van der Waals surface area contributed by atoms with Crippen molar-refractivity contribution in [2.24, 2.45) is 0 Å². The summed E-state index contributed by atoms with van der Waals surface area (Å²) >= 11 is 0. The van der Waals surface area contributed by atoms with Crippen LogP contribution in [0.1, 0.15) is 24.6 Å². The van der Waals surface area contributed by atoms with Gasteiger partial charge in [-0.1, -0.05) is 0 Å². The van der Waals surface area contributed by atoms with Gasteiger partial charge in [-0.15, -0.1) is 0 Å². The number of furan rings is 1. The smallest absolute Gasteiger partial charge is 0.151 e. The van der Waals surface area contributed by atoms with Crippen LogP contribution in [0.4, 0.5) is 0 Å². The quantitative estimate of drug-likeness (QED) is 0.810. The third-order valence-electron chi connectivity index (χ3n) is 3.07. The molecule has 1 atom stereocenters. The molecule has 2 aromatic rings. The van der Waals surface area contributed by atoms with E-state index in [-0.39, 0.29) is 0 Å². The molecule has 3 rings (SSSR count). The van der Waals surface area contributed by atoms with Crippen molar-refractivity contribution in [1.29, 1.82) is 0 Å². The monoisotopic (exact) mass is 217 g/mol. The van der Waals surface area contributed by atoms with Crippen LogP contribution >= 0.6 is 0 Å². The Hall–Kier alpha value is -1.55. The maximum atomic E-state index is 5.33. The van der Waals surface area contributed by atoms with Gasteiger partial charge in [0.05, 0.1) is 12.5 Å². The summed E-state index contributed by atoms with van der Waals surface area (Å²) in [7, 11) is 0. The molecule has 2 N–H and O–H groups in total. The molecule has 0 radical (unpaired) electrons. The molecule has 0 aliphatic carbocycles. The Morgan fingerprint density at radius 2 is 2.44 bits per heavy atom. The Bertz CT molecular complexity index is 441. The van der Waals surface area contributed by atoms with Crippen molar-refractivity contribution in [2.75, 3.05) is 13.1 Å². The van der Waals surface area contributed by atoms with Gasteiger partial charge < -0.3 is 14.7 Å². The Morgan fingerprint density at radius 3 is 3.19 bits per heavy atom. The first-order valence-corrected chi connectivity index (χ1v) is 5.73. The first-order chi connectivity index (χ1) is 7.93. The second-order valence-corrected chi connectivity index (χ2v) is 4.20. The fourth-order valence-electron chi connectivity index (χ4n) is 2.19. The van der Waals surface area contributed by atoms with E-state index in [4.69, 9.17) is 4.42 Å². The summed E-state index contributed by atoms with van der Waals surface area (Å²) in [5, 5.41) is 3.39. The number of rotatable bonds is 2. The molecule has 1 fully saturated rings. The fourth-order valence-corrected chi connectivity index (χ4v) is 2.19. The van der Waals surface area contributed by atoms with Crippen LogP contribution in [0.2, 0.25) is 0 Å². The van der Waals surface area contributed by atoms with Crippen molar-refractivity contribution in [3.05, 3.63) is 30.4 Å². The van der Waals surface area contributed by atoms with E-state index in [1.54, 1.807) is 6.26 Å². The predicted octanol–water partition coefficient (Wildman–Crippen LogP) is 2.14. The highest BCUT2D eigenvalue weighted by atomic mass is 16.3. The molecule has 2 aromatic heterocycles. The molecule has 4 nitrogen and oxygen atoms in total. The second-order valence-electron chi connectivity index (χ2n) is 4.20. The van der Waals surface area contributed by atoms with Crippen molar-refractivity contribution in [1.82, 2.24) is 15.3 Å². The normalized spacial score (nSPS) is 21.1. The third-order valence-corrected chi connectivity index (χ3v) is 3.07. The minimum absolute atomic E-state index is 0.512. The van der Waals surface area contributed by atoms with Crippen LogP contribution in [0.5, 0.6) is 0 Å². The van der Waals surface area contributed by atoms with E-state index in [0.717, 1.165) is 30.4 Å². The van der Waals surface area contributed by atoms with Crippen LogP contribution in [0.15, 0.2) is 29.0 Å². The summed E-state index contributed by atoms with van der Waals surface area (Å²) < 4.78 is 5.33. The molecule has 1 aliphatic heterocycles. The Balaban J connectivity index is 1.82. The lowest BCUT2D eigenvalue weighted by Gasteiger charge is -2.20. The van der Waals surface area contributed by atoms with E-state index in [1.807, 2.05) is 18.3 Å². The maximum absolute atomic E-state index is 5.33. The van der Waals surface area contributed by atoms with E-state index in [2.05, 4.69) is 15.3 Å². The number of nitrogens with one attached hydrogen (secondary N) is 2. The van der Waals surface area contributed by atoms with Crippen LogP contribution in [0, 0.1) is 0 Å². The highest BCUT2D eigenvalue weighted by Crippen LogP contribution is 2.24. The average molecular weight is 217 g/mol. The van der Waals surface area contributed by atoms with Crippen molar-refractivity contribution in [3.63, 3.8) is 0 Å². The first kappa shape index (κ1) is 9.66. The summed E-state index contributed by atoms with van der Waals surface area (Å²) in [4.78, 5) is 7.78. The Morgan fingerprint density at radius 1 is 1.44 bits per heavy atom. The molecular weight excluding hydrogens is 202 g/mol. The largest absolute Gasteiger partial charge is 0.463 e. The number of piperidine rings is 1. The molecule has 3 heterocycles. The van der Waals surface area contributed by atoms with Crippen LogP contribution in [0.3, 0.4) is 0 Å². The molecule has 0 spiro atoms. The summed E-state index contributed by atoms with van der Waals surface area (Å²) in [6.07, 6.45) is 5.96. The lowest BCUT2D eigenvalue weighted by atomic mass is 9.99. The topological polar surface area (TPSA) is 53.9 Å². The van der Waals surface area contributed by atoms with Crippen molar-refractivity contribution in [2.45, 2.75) is 18.8 Å².